The van der Waals surface area contributed by atoms with Crippen molar-refractivity contribution in [3.8, 4) is 22.8 Å². The maximum Gasteiger partial charge on any atom is 0.328 e. The molecule has 0 aliphatic rings. The number of hydroxylamine groups is 1. The van der Waals surface area contributed by atoms with Crippen molar-refractivity contribution in [2.45, 2.75) is 23.9 Å². The van der Waals surface area contributed by atoms with E-state index < -0.39 is 33.2 Å². The number of ether oxygens (including phenoxy) is 1. The standard InChI is InChI=1S/C27H26N4O7S/c1-30(39(36,37)22-14-12-21(13-15-22)38-20-10-6-3-7-11-20)24(26(33)29-35)16-17-31-25(32)18-23(28-27(31)34)19-8-4-2-5-9-19/h2-15,18,24,35H,16-17H2,1H3,(H,28,34)(H,29,33). The van der Waals surface area contributed by atoms with E-state index in [1.165, 1.54) is 42.9 Å². The van der Waals surface area contributed by atoms with Gasteiger partial charge in [0.1, 0.15) is 17.5 Å². The number of nitrogens with zero attached hydrogens (tertiary/aromatic N) is 2. The van der Waals surface area contributed by atoms with Crippen LogP contribution in [0, 0.1) is 0 Å². The number of likely N-dealkylation sites (N-methyl/N-ethyl adjacent to an activating group) is 1. The highest BCUT2D eigenvalue weighted by molar-refractivity contribution is 7.89. The zero-order valence-electron chi connectivity index (χ0n) is 20.9. The van der Waals surface area contributed by atoms with Crippen LogP contribution in [-0.4, -0.2) is 46.5 Å². The predicted octanol–water partition coefficient (Wildman–Crippen LogP) is 2.58. The molecule has 3 aromatic carbocycles. The SMILES string of the molecule is CN(C(CCn1c(=O)cc(-c2ccccc2)[nH]c1=O)C(=O)NO)S(=O)(=O)c1ccc(Oc2ccccc2)cc1. The van der Waals surface area contributed by atoms with Crippen LogP contribution in [0.3, 0.4) is 0 Å². The first-order valence-electron chi connectivity index (χ1n) is 11.9. The van der Waals surface area contributed by atoms with E-state index in [1.54, 1.807) is 54.6 Å². The summed E-state index contributed by atoms with van der Waals surface area (Å²) in [5.41, 5.74) is 1.09. The summed E-state index contributed by atoms with van der Waals surface area (Å²) in [5, 5.41) is 9.26. The minimum Gasteiger partial charge on any atom is -0.457 e. The van der Waals surface area contributed by atoms with Gasteiger partial charge in [-0.05, 0) is 48.4 Å². The van der Waals surface area contributed by atoms with Gasteiger partial charge in [0.2, 0.25) is 10.0 Å². The molecule has 0 aliphatic heterocycles. The third kappa shape index (κ3) is 6.32. The topological polar surface area (TPSA) is 151 Å². The number of carbonyl (C=O) groups is 1. The Morgan fingerprint density at radius 2 is 1.56 bits per heavy atom. The van der Waals surface area contributed by atoms with Gasteiger partial charge in [0.05, 0.1) is 10.6 Å². The van der Waals surface area contributed by atoms with Crippen LogP contribution >= 0.6 is 0 Å². The first-order chi connectivity index (χ1) is 18.7. The maximum atomic E-state index is 13.3. The van der Waals surface area contributed by atoms with E-state index in [-0.39, 0.29) is 17.9 Å². The van der Waals surface area contributed by atoms with Crippen molar-refractivity contribution < 1.29 is 23.2 Å². The summed E-state index contributed by atoms with van der Waals surface area (Å²) in [7, 11) is -3.04. The molecule has 1 atom stereocenters. The smallest absolute Gasteiger partial charge is 0.328 e. The van der Waals surface area contributed by atoms with Gasteiger partial charge in [-0.2, -0.15) is 4.31 Å². The average molecular weight is 551 g/mol. The molecule has 0 radical (unpaired) electrons. The van der Waals surface area contributed by atoms with Crippen LogP contribution < -0.4 is 21.5 Å². The van der Waals surface area contributed by atoms with Gasteiger partial charge < -0.3 is 9.72 Å². The fourth-order valence-corrected chi connectivity index (χ4v) is 5.30. The lowest BCUT2D eigenvalue weighted by atomic mass is 10.1. The van der Waals surface area contributed by atoms with Gasteiger partial charge in [0.15, 0.2) is 0 Å². The number of benzene rings is 3. The number of rotatable bonds is 10. The summed E-state index contributed by atoms with van der Waals surface area (Å²) in [6.45, 7) is -0.287. The van der Waals surface area contributed by atoms with Crippen LogP contribution in [0.5, 0.6) is 11.5 Å². The van der Waals surface area contributed by atoms with Gasteiger partial charge in [-0.3, -0.25) is 19.4 Å². The summed E-state index contributed by atoms with van der Waals surface area (Å²) >= 11 is 0. The zero-order chi connectivity index (χ0) is 28.0. The Bertz CT molecular complexity index is 1620. The van der Waals surface area contributed by atoms with Gasteiger partial charge in [-0.25, -0.2) is 18.7 Å². The minimum atomic E-state index is -4.22. The quantitative estimate of drug-likeness (QED) is 0.203. The molecule has 0 spiro atoms. The number of hydrogen-bond donors (Lipinski definition) is 3. The molecule has 3 N–H and O–H groups in total. The first-order valence-corrected chi connectivity index (χ1v) is 13.3. The molecular formula is C27H26N4O7S. The van der Waals surface area contributed by atoms with Crippen molar-refractivity contribution in [3.05, 3.63) is 112 Å². The van der Waals surface area contributed by atoms with Crippen molar-refractivity contribution in [2.24, 2.45) is 0 Å². The second kappa shape index (κ2) is 11.9. The fraction of sp³-hybridized carbons (Fsp3) is 0.148. The largest absolute Gasteiger partial charge is 0.457 e. The zero-order valence-corrected chi connectivity index (χ0v) is 21.7. The van der Waals surface area contributed by atoms with Crippen LogP contribution in [0.25, 0.3) is 11.3 Å². The van der Waals surface area contributed by atoms with E-state index in [0.717, 1.165) is 8.87 Å². The summed E-state index contributed by atoms with van der Waals surface area (Å²) in [6, 6.07) is 23.2. The number of carbonyl (C=O) groups excluding carboxylic acids is 1. The fourth-order valence-electron chi connectivity index (χ4n) is 3.95. The Hall–Kier alpha value is -4.52. The number of aromatic amines is 1. The molecule has 0 fully saturated rings. The van der Waals surface area contributed by atoms with Gasteiger partial charge in [0.25, 0.3) is 11.5 Å². The van der Waals surface area contributed by atoms with E-state index in [4.69, 9.17) is 4.74 Å². The summed E-state index contributed by atoms with van der Waals surface area (Å²) < 4.78 is 33.9. The van der Waals surface area contributed by atoms with Crippen LogP contribution in [0.4, 0.5) is 0 Å². The lowest BCUT2D eigenvalue weighted by Crippen LogP contribution is -2.48. The number of hydrogen-bond acceptors (Lipinski definition) is 7. The Morgan fingerprint density at radius 3 is 2.15 bits per heavy atom. The van der Waals surface area contributed by atoms with Gasteiger partial charge >= 0.3 is 5.69 Å². The highest BCUT2D eigenvalue weighted by Crippen LogP contribution is 2.25. The Labute approximate surface area is 223 Å². The molecule has 1 unspecified atom stereocenters. The molecule has 11 nitrogen and oxygen atoms in total. The number of nitrogens with one attached hydrogen (secondary N) is 2. The van der Waals surface area contributed by atoms with Crippen LogP contribution in [0.1, 0.15) is 6.42 Å². The van der Waals surface area contributed by atoms with E-state index in [2.05, 4.69) is 4.98 Å². The number of amides is 1. The molecule has 1 aromatic heterocycles. The molecule has 39 heavy (non-hydrogen) atoms. The molecule has 1 heterocycles. The average Bonchev–Trinajstić information content (AvgIpc) is 2.95. The third-order valence-corrected chi connectivity index (χ3v) is 7.94. The highest BCUT2D eigenvalue weighted by atomic mass is 32.2. The monoisotopic (exact) mass is 550 g/mol. The molecule has 0 bridgehead atoms. The predicted molar refractivity (Wildman–Crippen MR) is 143 cm³/mol. The van der Waals surface area contributed by atoms with Gasteiger partial charge in [0, 0.05) is 19.7 Å². The molecule has 1 amide bonds. The summed E-state index contributed by atoms with van der Waals surface area (Å²) in [5.74, 6) is -0.0348. The second-order valence-electron chi connectivity index (χ2n) is 8.53. The molecule has 12 heteroatoms. The van der Waals surface area contributed by atoms with Crippen molar-refractivity contribution in [3.63, 3.8) is 0 Å². The molecular weight excluding hydrogens is 524 g/mol. The minimum absolute atomic E-state index is 0.122. The second-order valence-corrected chi connectivity index (χ2v) is 10.5. The molecule has 4 aromatic rings. The van der Waals surface area contributed by atoms with Crippen molar-refractivity contribution in [1.29, 1.82) is 0 Å². The first kappa shape index (κ1) is 27.5. The van der Waals surface area contributed by atoms with Crippen molar-refractivity contribution in [1.82, 2.24) is 19.3 Å². The van der Waals surface area contributed by atoms with Gasteiger partial charge in [-0.1, -0.05) is 48.5 Å². The van der Waals surface area contributed by atoms with Gasteiger partial charge in [-0.15, -0.1) is 0 Å². The summed E-state index contributed by atoms with van der Waals surface area (Å²) in [4.78, 5) is 40.3. The van der Waals surface area contributed by atoms with Crippen molar-refractivity contribution >= 4 is 15.9 Å². The highest BCUT2D eigenvalue weighted by Gasteiger charge is 2.33. The lowest BCUT2D eigenvalue weighted by Gasteiger charge is -2.26. The molecule has 4 rings (SSSR count). The normalized spacial score (nSPS) is 12.2. The van der Waals surface area contributed by atoms with E-state index in [1.807, 2.05) is 6.07 Å². The number of para-hydroxylation sites is 1. The molecule has 0 saturated carbocycles. The Balaban J connectivity index is 1.53. The molecule has 0 aliphatic carbocycles. The number of aromatic nitrogens is 2. The lowest BCUT2D eigenvalue weighted by molar-refractivity contribution is -0.133. The van der Waals surface area contributed by atoms with E-state index in [0.29, 0.717) is 22.8 Å². The summed E-state index contributed by atoms with van der Waals surface area (Å²) in [6.07, 6.45) is -0.273. The van der Waals surface area contributed by atoms with Crippen LogP contribution in [-0.2, 0) is 21.4 Å². The van der Waals surface area contributed by atoms with E-state index in [9.17, 15) is 28.0 Å². The molecule has 0 saturated heterocycles. The Kier molecular flexibility index (Phi) is 8.39. The van der Waals surface area contributed by atoms with Crippen molar-refractivity contribution in [2.75, 3.05) is 7.05 Å². The Morgan fingerprint density at radius 1 is 0.974 bits per heavy atom. The number of sulfonamides is 1. The third-order valence-electron chi connectivity index (χ3n) is 6.06. The maximum absolute atomic E-state index is 13.3. The molecule has 202 valence electrons. The van der Waals surface area contributed by atoms with Crippen LogP contribution in [0.2, 0.25) is 0 Å². The van der Waals surface area contributed by atoms with Crippen LogP contribution in [0.15, 0.2) is 105 Å². The van der Waals surface area contributed by atoms with E-state index >= 15 is 0 Å². The number of H-pyrrole nitrogens is 1.